The molecule has 380 valence electrons. The zero-order valence-electron chi connectivity index (χ0n) is 40.7. The van der Waals surface area contributed by atoms with Crippen LogP contribution in [0.15, 0.2) is 66.3 Å². The van der Waals surface area contributed by atoms with Gasteiger partial charge in [-0.1, -0.05) is 45.0 Å². The molecule has 6 rings (SSSR count). The first-order chi connectivity index (χ1) is 33.6. The van der Waals surface area contributed by atoms with Gasteiger partial charge in [0.25, 0.3) is 5.91 Å². The lowest BCUT2D eigenvalue weighted by atomic mass is 9.77. The number of carbonyl (C=O) groups is 4. The van der Waals surface area contributed by atoms with Crippen molar-refractivity contribution in [1.29, 1.82) is 5.26 Å². The number of alkyl halides is 3. The number of aryl methyl sites for hydroxylation is 1. The summed E-state index contributed by atoms with van der Waals surface area (Å²) in [6.07, 6.45) is -1.67. The summed E-state index contributed by atoms with van der Waals surface area (Å²) in [5, 5.41) is 22.6. The SMILES string of the molecule is Cc1ncsc1-c1ccc(CNC(=O)[C@@H]2C[C@@H](O)CN2C(=O)[C@@H](CC(=O)COCCCOCCCCCOc2ccc(N3C(=S)N(c4cnc(C#N)c(C(F)(F)F)c4)C(=O)C3(C)C)cc2)C(C)(C)C)cc1. The van der Waals surface area contributed by atoms with Gasteiger partial charge < -0.3 is 34.4 Å². The standard InChI is InChI=1S/C51H60F3N7O8S2/c1-32-44(71-31-58-32)34-13-11-33(12-14-34)27-57-45(64)43-25-37(62)29-59(43)46(65)41(49(2,3)4)24-38(63)30-68-21-10-20-67-19-8-7-9-22-69-39-17-15-35(16-18-39)61-48(70)60(47(66)50(61,5)6)36-23-40(51(52,53)54)42(26-55)56-28-36/h11-18,23,28,31,37,41,43,62H,7-10,19-22,24-25,27,29-30H2,1-6H3,(H,57,64)/t37-,41-,43+/m1/s1. The lowest BCUT2D eigenvalue weighted by molar-refractivity contribution is -0.146. The number of nitrogens with one attached hydrogen (secondary N) is 1. The second kappa shape index (κ2) is 23.6. The molecule has 0 saturated carbocycles. The highest BCUT2D eigenvalue weighted by Crippen LogP contribution is 2.40. The molecule has 0 bridgehead atoms. The van der Waals surface area contributed by atoms with E-state index < -0.39 is 52.4 Å². The first-order valence-corrected chi connectivity index (χ1v) is 24.7. The minimum absolute atomic E-state index is 0.00863. The number of thiocarbonyl (C=S) groups is 1. The number of Topliss-reactive ketones (excluding diaryl/α,β-unsaturated/α-hetero) is 1. The Morgan fingerprint density at radius 2 is 1.65 bits per heavy atom. The van der Waals surface area contributed by atoms with E-state index in [-0.39, 0.29) is 60.9 Å². The van der Waals surface area contributed by atoms with Gasteiger partial charge in [0.05, 0.1) is 46.2 Å². The van der Waals surface area contributed by atoms with Gasteiger partial charge in [0.15, 0.2) is 16.6 Å². The van der Waals surface area contributed by atoms with Gasteiger partial charge in [0.2, 0.25) is 11.8 Å². The van der Waals surface area contributed by atoms with E-state index in [0.29, 0.717) is 50.4 Å². The number of carbonyl (C=O) groups excluding carboxylic acids is 4. The van der Waals surface area contributed by atoms with Crippen LogP contribution in [0.1, 0.15) is 95.7 Å². The fraction of sp³-hybridized carbons (Fsp3) is 0.490. The smallest absolute Gasteiger partial charge is 0.419 e. The van der Waals surface area contributed by atoms with Crippen molar-refractivity contribution in [2.24, 2.45) is 11.3 Å². The number of aromatic nitrogens is 2. The number of nitrogens with zero attached hydrogens (tertiary/aromatic N) is 6. The highest BCUT2D eigenvalue weighted by atomic mass is 32.1. The number of pyridine rings is 1. The number of aliphatic hydroxyl groups excluding tert-OH is 1. The van der Waals surface area contributed by atoms with Gasteiger partial charge in [-0.25, -0.2) is 9.97 Å². The van der Waals surface area contributed by atoms with Crippen molar-refractivity contribution in [3.8, 4) is 22.3 Å². The van der Waals surface area contributed by atoms with Crippen LogP contribution in [0.3, 0.4) is 0 Å². The summed E-state index contributed by atoms with van der Waals surface area (Å²) >= 11 is 7.16. The molecule has 3 atom stereocenters. The molecule has 2 saturated heterocycles. The zero-order valence-corrected chi connectivity index (χ0v) is 42.3. The second-order valence-electron chi connectivity index (χ2n) is 19.2. The van der Waals surface area contributed by atoms with Gasteiger partial charge in [-0.2, -0.15) is 18.4 Å². The molecule has 4 aromatic rings. The number of nitriles is 1. The topological polar surface area (TPSA) is 188 Å². The van der Waals surface area contributed by atoms with Crippen molar-refractivity contribution in [2.75, 3.05) is 49.4 Å². The zero-order chi connectivity index (χ0) is 51.7. The van der Waals surface area contributed by atoms with Crippen molar-refractivity contribution < 1.29 is 51.7 Å². The van der Waals surface area contributed by atoms with Gasteiger partial charge in [0.1, 0.15) is 30.0 Å². The van der Waals surface area contributed by atoms with Crippen LogP contribution >= 0.6 is 23.6 Å². The van der Waals surface area contributed by atoms with E-state index >= 15 is 0 Å². The average molecular weight is 1020 g/mol. The molecule has 2 aromatic carbocycles. The number of hydrogen-bond donors (Lipinski definition) is 2. The second-order valence-corrected chi connectivity index (χ2v) is 20.4. The molecule has 0 radical (unpaired) electrons. The number of ether oxygens (including phenoxy) is 3. The molecule has 0 spiro atoms. The molecule has 20 heteroatoms. The van der Waals surface area contributed by atoms with Crippen LogP contribution in [0, 0.1) is 29.6 Å². The Labute approximate surface area is 421 Å². The Hall–Kier alpha value is -5.85. The minimum Gasteiger partial charge on any atom is -0.494 e. The Morgan fingerprint density at radius 1 is 0.972 bits per heavy atom. The van der Waals surface area contributed by atoms with Crippen LogP contribution < -0.4 is 19.9 Å². The molecule has 15 nitrogen and oxygen atoms in total. The Morgan fingerprint density at radius 3 is 2.30 bits per heavy atom. The first kappa shape index (κ1) is 54.5. The minimum atomic E-state index is -4.86. The number of unbranched alkanes of at least 4 members (excludes halogenated alkanes) is 2. The largest absolute Gasteiger partial charge is 0.494 e. The number of benzene rings is 2. The number of amides is 3. The van der Waals surface area contributed by atoms with Crippen molar-refractivity contribution in [3.63, 3.8) is 0 Å². The quantitative estimate of drug-likeness (QED) is 0.0567. The lowest BCUT2D eigenvalue weighted by Crippen LogP contribution is -2.50. The summed E-state index contributed by atoms with van der Waals surface area (Å²) in [4.78, 5) is 67.1. The summed E-state index contributed by atoms with van der Waals surface area (Å²) in [5.74, 6) is -1.64. The average Bonchev–Trinajstić information content (AvgIpc) is 3.99. The van der Waals surface area contributed by atoms with Crippen LogP contribution in [0.2, 0.25) is 0 Å². The Balaban J connectivity index is 0.851. The number of rotatable bonds is 22. The van der Waals surface area contributed by atoms with E-state index in [1.165, 1.54) is 11.0 Å². The summed E-state index contributed by atoms with van der Waals surface area (Å²) in [5.41, 5.74) is 1.13. The number of hydrogen-bond acceptors (Lipinski definition) is 13. The third-order valence-corrected chi connectivity index (χ3v) is 13.8. The summed E-state index contributed by atoms with van der Waals surface area (Å²) in [7, 11) is 0. The van der Waals surface area contributed by atoms with Crippen molar-refractivity contribution >= 4 is 63.5 Å². The molecular weight excluding hydrogens is 960 g/mol. The van der Waals surface area contributed by atoms with E-state index in [9.17, 15) is 37.5 Å². The van der Waals surface area contributed by atoms with Crippen molar-refractivity contribution in [1.82, 2.24) is 20.2 Å². The number of halogens is 3. The molecule has 0 aliphatic carbocycles. The molecule has 0 unspecified atom stereocenters. The van der Waals surface area contributed by atoms with E-state index in [1.54, 1.807) is 59.9 Å². The van der Waals surface area contributed by atoms with Gasteiger partial charge in [-0.15, -0.1) is 11.3 Å². The van der Waals surface area contributed by atoms with Crippen LogP contribution in [0.4, 0.5) is 24.5 Å². The van der Waals surface area contributed by atoms with E-state index in [2.05, 4.69) is 15.3 Å². The predicted molar refractivity (Wildman–Crippen MR) is 265 cm³/mol. The maximum atomic E-state index is 14.0. The number of ketones is 1. The van der Waals surface area contributed by atoms with Crippen LogP contribution in [0.5, 0.6) is 5.75 Å². The highest BCUT2D eigenvalue weighted by Gasteiger charge is 2.51. The molecule has 2 aromatic heterocycles. The third kappa shape index (κ3) is 13.6. The number of anilines is 2. The molecule has 4 heterocycles. The first-order valence-electron chi connectivity index (χ1n) is 23.4. The number of likely N-dealkylation sites (tertiary alicyclic amines) is 1. The molecule has 3 amide bonds. The monoisotopic (exact) mass is 1020 g/mol. The van der Waals surface area contributed by atoms with Gasteiger partial charge in [-0.3, -0.25) is 24.1 Å². The van der Waals surface area contributed by atoms with Gasteiger partial charge in [0, 0.05) is 57.4 Å². The van der Waals surface area contributed by atoms with Crippen molar-refractivity contribution in [2.45, 2.75) is 110 Å². The molecule has 2 aliphatic heterocycles. The summed E-state index contributed by atoms with van der Waals surface area (Å²) in [6, 6.07) is 16.0. The number of β-amino-alcohol motifs (C(OH)–C–C–N with tert-alkyl or cyclic N) is 1. The molecule has 2 N–H and O–H groups in total. The number of aliphatic hydroxyl groups is 1. The van der Waals surface area contributed by atoms with Crippen LogP contribution in [-0.2, 0) is 41.4 Å². The lowest BCUT2D eigenvalue weighted by Gasteiger charge is -2.34. The summed E-state index contributed by atoms with van der Waals surface area (Å²) in [6.45, 7) is 12.6. The normalized spacial score (nSPS) is 17.4. The Bertz CT molecular complexity index is 2580. The molecule has 2 aliphatic rings. The maximum absolute atomic E-state index is 14.0. The maximum Gasteiger partial charge on any atom is 0.419 e. The highest BCUT2D eigenvalue weighted by molar-refractivity contribution is 7.81. The van der Waals surface area contributed by atoms with Crippen LogP contribution in [-0.4, -0.2) is 106 Å². The van der Waals surface area contributed by atoms with E-state index in [1.807, 2.05) is 52.0 Å². The summed E-state index contributed by atoms with van der Waals surface area (Å²) < 4.78 is 58.3. The molecular formula is C51H60F3N7O8S2. The van der Waals surface area contributed by atoms with E-state index in [0.717, 1.165) is 52.1 Å². The Kier molecular flexibility index (Phi) is 18.1. The predicted octanol–water partition coefficient (Wildman–Crippen LogP) is 8.19. The molecule has 71 heavy (non-hydrogen) atoms. The van der Waals surface area contributed by atoms with E-state index in [4.69, 9.17) is 31.7 Å². The van der Waals surface area contributed by atoms with Crippen molar-refractivity contribution in [3.05, 3.63) is 88.8 Å². The van der Waals surface area contributed by atoms with Crippen LogP contribution in [0.25, 0.3) is 10.4 Å². The third-order valence-electron chi connectivity index (χ3n) is 12.4. The van der Waals surface area contributed by atoms with Gasteiger partial charge in [-0.05, 0) is 106 Å². The fourth-order valence-electron chi connectivity index (χ4n) is 8.47. The van der Waals surface area contributed by atoms with Gasteiger partial charge >= 0.3 is 6.18 Å². The number of thiazole rings is 1. The molecule has 2 fully saturated rings. The fourth-order valence-corrected chi connectivity index (χ4v) is 9.80.